The van der Waals surface area contributed by atoms with Crippen LogP contribution in [0.4, 0.5) is 5.69 Å². The Bertz CT molecular complexity index is 444. The highest BCUT2D eigenvalue weighted by Crippen LogP contribution is 2.08. The van der Waals surface area contributed by atoms with Crippen LogP contribution in [-0.2, 0) is 9.53 Å². The van der Waals surface area contributed by atoms with Crippen LogP contribution in [0.3, 0.4) is 0 Å². The Balaban J connectivity index is 2.29. The summed E-state index contributed by atoms with van der Waals surface area (Å²) < 4.78 is 5.23. The number of ether oxygens (including phenoxy) is 1. The fourth-order valence-corrected chi connectivity index (χ4v) is 1.26. The number of rotatable bonds is 6. The molecule has 4 heteroatoms. The van der Waals surface area contributed by atoms with Gasteiger partial charge >= 0.3 is 0 Å². The van der Waals surface area contributed by atoms with Crippen LogP contribution in [0, 0.1) is 11.3 Å². The maximum Gasteiger partial charge on any atom is 0.226 e. The topological polar surface area (TPSA) is 62.1 Å². The minimum atomic E-state index is -0.0971. The molecule has 1 aromatic carbocycles. The first-order chi connectivity index (χ1) is 8.76. The predicted octanol–water partition coefficient (Wildman–Crippen LogP) is 2.48. The van der Waals surface area contributed by atoms with Gasteiger partial charge in [0.25, 0.3) is 0 Å². The van der Waals surface area contributed by atoms with Crippen molar-refractivity contribution >= 4 is 11.6 Å². The molecule has 0 atom stereocenters. The molecule has 0 saturated heterocycles. The van der Waals surface area contributed by atoms with Crippen molar-refractivity contribution in [2.24, 2.45) is 0 Å². The molecular formula is C14H16N2O2. The van der Waals surface area contributed by atoms with Crippen molar-refractivity contribution in [3.05, 3.63) is 42.0 Å². The van der Waals surface area contributed by atoms with E-state index in [-0.39, 0.29) is 5.91 Å². The number of hydrogen-bond donors (Lipinski definition) is 1. The Morgan fingerprint density at radius 3 is 2.78 bits per heavy atom. The fourth-order valence-electron chi connectivity index (χ4n) is 1.26. The normalized spacial score (nSPS) is 10.2. The van der Waals surface area contributed by atoms with Gasteiger partial charge < -0.3 is 10.1 Å². The van der Waals surface area contributed by atoms with Crippen molar-refractivity contribution in [3.8, 4) is 6.07 Å². The first-order valence-electron chi connectivity index (χ1n) is 5.75. The van der Waals surface area contributed by atoms with E-state index in [2.05, 4.69) is 5.32 Å². The number of allylic oxidation sites excluding steroid dienone is 1. The molecule has 0 aliphatic heterocycles. The van der Waals surface area contributed by atoms with Crippen molar-refractivity contribution in [1.82, 2.24) is 0 Å². The highest BCUT2D eigenvalue weighted by Gasteiger charge is 2.01. The predicted molar refractivity (Wildman–Crippen MR) is 70.0 cm³/mol. The number of amides is 1. The van der Waals surface area contributed by atoms with Crippen molar-refractivity contribution in [2.45, 2.75) is 13.3 Å². The molecule has 0 fully saturated rings. The van der Waals surface area contributed by atoms with E-state index in [0.29, 0.717) is 30.9 Å². The number of hydrogen-bond acceptors (Lipinski definition) is 3. The Morgan fingerprint density at radius 1 is 1.44 bits per heavy atom. The lowest BCUT2D eigenvalue weighted by Crippen LogP contribution is -2.14. The summed E-state index contributed by atoms with van der Waals surface area (Å²) in [6, 6.07) is 8.76. The van der Waals surface area contributed by atoms with Gasteiger partial charge in [0.1, 0.15) is 0 Å². The maximum absolute atomic E-state index is 11.5. The maximum atomic E-state index is 11.5. The molecular weight excluding hydrogens is 228 g/mol. The molecule has 94 valence electrons. The Hall–Kier alpha value is -2.12. The lowest BCUT2D eigenvalue weighted by atomic mass is 10.2. The van der Waals surface area contributed by atoms with Gasteiger partial charge in [-0.05, 0) is 31.2 Å². The van der Waals surface area contributed by atoms with E-state index >= 15 is 0 Å². The zero-order valence-electron chi connectivity index (χ0n) is 10.3. The summed E-state index contributed by atoms with van der Waals surface area (Å²) in [5, 5.41) is 11.4. The molecule has 0 radical (unpaired) electrons. The second-order valence-electron chi connectivity index (χ2n) is 3.63. The Morgan fingerprint density at radius 2 is 2.17 bits per heavy atom. The van der Waals surface area contributed by atoms with Crippen LogP contribution in [0.1, 0.15) is 18.9 Å². The number of benzene rings is 1. The van der Waals surface area contributed by atoms with Crippen LogP contribution in [0.2, 0.25) is 0 Å². The van der Waals surface area contributed by atoms with E-state index in [0.717, 1.165) is 0 Å². The first kappa shape index (κ1) is 13.9. The third kappa shape index (κ3) is 5.28. The van der Waals surface area contributed by atoms with E-state index < -0.39 is 0 Å². The number of anilines is 1. The second-order valence-corrected chi connectivity index (χ2v) is 3.63. The highest BCUT2D eigenvalue weighted by atomic mass is 16.5. The third-order valence-corrected chi connectivity index (χ3v) is 2.22. The summed E-state index contributed by atoms with van der Waals surface area (Å²) in [7, 11) is 0. The van der Waals surface area contributed by atoms with Gasteiger partial charge in [0.15, 0.2) is 0 Å². The van der Waals surface area contributed by atoms with Crippen molar-refractivity contribution in [3.63, 3.8) is 0 Å². The minimum Gasteiger partial charge on any atom is -0.377 e. The summed E-state index contributed by atoms with van der Waals surface area (Å²) in [6.45, 7) is 2.84. The summed E-state index contributed by atoms with van der Waals surface area (Å²) in [6.07, 6.45) is 4.10. The van der Waals surface area contributed by atoms with E-state index in [1.807, 2.05) is 25.1 Å². The van der Waals surface area contributed by atoms with E-state index in [1.165, 1.54) is 0 Å². The molecule has 0 spiro atoms. The molecule has 0 saturated carbocycles. The smallest absolute Gasteiger partial charge is 0.226 e. The molecule has 1 rings (SSSR count). The van der Waals surface area contributed by atoms with Crippen molar-refractivity contribution in [2.75, 3.05) is 18.5 Å². The van der Waals surface area contributed by atoms with Crippen LogP contribution in [0.5, 0.6) is 0 Å². The van der Waals surface area contributed by atoms with Gasteiger partial charge in [-0.3, -0.25) is 4.79 Å². The fraction of sp³-hybridized carbons (Fsp3) is 0.286. The summed E-state index contributed by atoms with van der Waals surface area (Å²) >= 11 is 0. The molecule has 0 bridgehead atoms. The third-order valence-electron chi connectivity index (χ3n) is 2.22. The minimum absolute atomic E-state index is 0.0971. The van der Waals surface area contributed by atoms with E-state index in [9.17, 15) is 4.79 Å². The van der Waals surface area contributed by atoms with Gasteiger partial charge in [-0.25, -0.2) is 0 Å². The average Bonchev–Trinajstić information content (AvgIpc) is 2.39. The van der Waals surface area contributed by atoms with Crippen LogP contribution in [0.25, 0.3) is 0 Å². The molecule has 1 aromatic rings. The molecule has 1 N–H and O–H groups in total. The standard InChI is InChI=1S/C14H16N2O2/c1-2-3-9-18-10-8-14(17)16-13-6-4-12(11-15)5-7-13/h2-7H,8-10H2,1H3,(H,16,17)/b3-2+. The number of nitrogens with one attached hydrogen (secondary N) is 1. The van der Waals surface area contributed by atoms with E-state index in [4.69, 9.17) is 10.00 Å². The molecule has 4 nitrogen and oxygen atoms in total. The summed E-state index contributed by atoms with van der Waals surface area (Å²) in [4.78, 5) is 11.5. The highest BCUT2D eigenvalue weighted by molar-refractivity contribution is 5.90. The van der Waals surface area contributed by atoms with Crippen LogP contribution in [0.15, 0.2) is 36.4 Å². The molecule has 0 aromatic heterocycles. The lowest BCUT2D eigenvalue weighted by Gasteiger charge is -2.05. The summed E-state index contributed by atoms with van der Waals surface area (Å²) in [5.41, 5.74) is 1.26. The van der Waals surface area contributed by atoms with Gasteiger partial charge in [-0.2, -0.15) is 5.26 Å². The van der Waals surface area contributed by atoms with E-state index in [1.54, 1.807) is 24.3 Å². The first-order valence-corrected chi connectivity index (χ1v) is 5.75. The number of nitriles is 1. The SMILES string of the molecule is C/C=C/COCCC(=O)Nc1ccc(C#N)cc1. The number of carbonyl (C=O) groups excluding carboxylic acids is 1. The van der Waals surface area contributed by atoms with Crippen LogP contribution in [-0.4, -0.2) is 19.1 Å². The zero-order chi connectivity index (χ0) is 13.2. The Kier molecular flexibility index (Phi) is 6.23. The second kappa shape index (κ2) is 8.04. The van der Waals surface area contributed by atoms with Gasteiger partial charge in [-0.1, -0.05) is 12.2 Å². The lowest BCUT2D eigenvalue weighted by molar-refractivity contribution is -0.117. The molecule has 0 unspecified atom stereocenters. The van der Waals surface area contributed by atoms with Gasteiger partial charge in [0.2, 0.25) is 5.91 Å². The Labute approximate surface area is 107 Å². The van der Waals surface area contributed by atoms with Crippen LogP contribution >= 0.6 is 0 Å². The summed E-state index contributed by atoms with van der Waals surface area (Å²) in [5.74, 6) is -0.0971. The molecule has 0 aliphatic rings. The van der Waals surface area contributed by atoms with Gasteiger partial charge in [0, 0.05) is 5.69 Å². The van der Waals surface area contributed by atoms with Gasteiger partial charge in [0.05, 0.1) is 31.3 Å². The molecule has 0 heterocycles. The number of nitrogens with zero attached hydrogens (tertiary/aromatic N) is 1. The molecule has 18 heavy (non-hydrogen) atoms. The van der Waals surface area contributed by atoms with Crippen molar-refractivity contribution in [1.29, 1.82) is 5.26 Å². The monoisotopic (exact) mass is 244 g/mol. The largest absolute Gasteiger partial charge is 0.377 e. The molecule has 0 aliphatic carbocycles. The quantitative estimate of drug-likeness (QED) is 0.617. The zero-order valence-corrected chi connectivity index (χ0v) is 10.3. The number of carbonyl (C=O) groups is 1. The average molecular weight is 244 g/mol. The molecule has 1 amide bonds. The van der Waals surface area contributed by atoms with Crippen LogP contribution < -0.4 is 5.32 Å². The van der Waals surface area contributed by atoms with Gasteiger partial charge in [-0.15, -0.1) is 0 Å². The van der Waals surface area contributed by atoms with Crippen molar-refractivity contribution < 1.29 is 9.53 Å².